The molecule has 1 aliphatic rings. The highest BCUT2D eigenvalue weighted by molar-refractivity contribution is 4.78. The molecule has 0 spiro atoms. The molecule has 0 aromatic heterocycles. The predicted octanol–water partition coefficient (Wildman–Crippen LogP) is 1.63. The van der Waals surface area contributed by atoms with Crippen molar-refractivity contribution in [2.45, 2.75) is 39.7 Å². The van der Waals surface area contributed by atoms with Crippen LogP contribution in [0.15, 0.2) is 0 Å². The summed E-state index contributed by atoms with van der Waals surface area (Å²) in [5.41, 5.74) is 3.90. The van der Waals surface area contributed by atoms with Gasteiger partial charge in [0.25, 0.3) is 0 Å². The first-order valence-corrected chi connectivity index (χ1v) is 4.45. The third-order valence-corrected chi connectivity index (χ3v) is 2.07. The van der Waals surface area contributed by atoms with Gasteiger partial charge in [0.05, 0.1) is 0 Å². The molecule has 1 unspecified atom stereocenters. The van der Waals surface area contributed by atoms with Crippen molar-refractivity contribution in [1.29, 1.82) is 0 Å². The zero-order valence-electron chi connectivity index (χ0n) is 8.15. The van der Waals surface area contributed by atoms with E-state index in [2.05, 4.69) is 38.3 Å². The maximum absolute atomic E-state index is 3.44. The second-order valence-electron chi connectivity index (χ2n) is 4.80. The van der Waals surface area contributed by atoms with Gasteiger partial charge in [0, 0.05) is 19.6 Å². The van der Waals surface area contributed by atoms with E-state index < -0.39 is 0 Å². The summed E-state index contributed by atoms with van der Waals surface area (Å²) in [4.78, 5) is 0. The number of nitrogens with zero attached hydrogens (tertiary/aromatic N) is 1. The summed E-state index contributed by atoms with van der Waals surface area (Å²) < 4.78 is 0. The Morgan fingerprint density at radius 2 is 2.09 bits per heavy atom. The second kappa shape index (κ2) is 3.11. The Labute approximate surface area is 69.9 Å². The van der Waals surface area contributed by atoms with E-state index >= 15 is 0 Å². The molecule has 1 N–H and O–H groups in total. The maximum Gasteiger partial charge on any atom is 0.0232 e. The fourth-order valence-electron chi connectivity index (χ4n) is 1.68. The summed E-state index contributed by atoms with van der Waals surface area (Å²) in [5.74, 6) is 0. The summed E-state index contributed by atoms with van der Waals surface area (Å²) >= 11 is 0. The Kier molecular flexibility index (Phi) is 2.55. The summed E-state index contributed by atoms with van der Waals surface area (Å²) in [5, 5.41) is 2.19. The molecular weight excluding hydrogens is 136 g/mol. The van der Waals surface area contributed by atoms with Crippen LogP contribution in [0.5, 0.6) is 0 Å². The number of hydrogen-bond donors (Lipinski definition) is 1. The van der Waals surface area contributed by atoms with Gasteiger partial charge in [-0.25, -0.2) is 5.01 Å². The first-order valence-electron chi connectivity index (χ1n) is 4.45. The molecule has 66 valence electrons. The van der Waals surface area contributed by atoms with Crippen molar-refractivity contribution in [3.63, 3.8) is 0 Å². The van der Waals surface area contributed by atoms with Crippen molar-refractivity contribution in [3.8, 4) is 0 Å². The van der Waals surface area contributed by atoms with Gasteiger partial charge in [0.15, 0.2) is 0 Å². The van der Waals surface area contributed by atoms with Gasteiger partial charge < -0.3 is 0 Å². The Morgan fingerprint density at radius 3 is 2.45 bits per heavy atom. The molecule has 1 atom stereocenters. The molecule has 0 amide bonds. The monoisotopic (exact) mass is 156 g/mol. The van der Waals surface area contributed by atoms with Gasteiger partial charge >= 0.3 is 0 Å². The topological polar surface area (TPSA) is 15.3 Å². The molecule has 1 aliphatic heterocycles. The van der Waals surface area contributed by atoms with Crippen molar-refractivity contribution in [2.24, 2.45) is 5.41 Å². The number of hydrogen-bond acceptors (Lipinski definition) is 2. The molecule has 11 heavy (non-hydrogen) atoms. The summed E-state index contributed by atoms with van der Waals surface area (Å²) in [6.45, 7) is 8.09. The van der Waals surface area contributed by atoms with E-state index in [1.165, 1.54) is 19.4 Å². The highest BCUT2D eigenvalue weighted by Gasteiger charge is 2.23. The second-order valence-corrected chi connectivity index (χ2v) is 4.80. The van der Waals surface area contributed by atoms with Crippen LogP contribution in [0.1, 0.15) is 33.6 Å². The minimum atomic E-state index is 0.461. The zero-order chi connectivity index (χ0) is 8.48. The van der Waals surface area contributed by atoms with Crippen molar-refractivity contribution in [2.75, 3.05) is 13.6 Å². The molecule has 0 aliphatic carbocycles. The molecule has 2 heteroatoms. The lowest BCUT2D eigenvalue weighted by Crippen LogP contribution is -2.34. The van der Waals surface area contributed by atoms with E-state index in [-0.39, 0.29) is 0 Å². The molecule has 0 saturated carbocycles. The summed E-state index contributed by atoms with van der Waals surface area (Å²) in [7, 11) is 2.11. The standard InChI is InChI=1S/C9H20N2/c1-9(2,3)7-8-5-6-11(4)10-8/h8,10H,5-7H2,1-4H3. The molecule has 0 radical (unpaired) electrons. The third kappa shape index (κ3) is 3.21. The molecule has 1 fully saturated rings. The lowest BCUT2D eigenvalue weighted by Gasteiger charge is -2.23. The minimum absolute atomic E-state index is 0.461. The van der Waals surface area contributed by atoms with Gasteiger partial charge in [-0.1, -0.05) is 20.8 Å². The largest absolute Gasteiger partial charge is 0.252 e. The average molecular weight is 156 g/mol. The maximum atomic E-state index is 3.44. The molecule has 2 nitrogen and oxygen atoms in total. The lowest BCUT2D eigenvalue weighted by molar-refractivity contribution is 0.250. The number of rotatable bonds is 1. The molecule has 0 bridgehead atoms. The van der Waals surface area contributed by atoms with E-state index in [1.807, 2.05) is 0 Å². The van der Waals surface area contributed by atoms with E-state index in [1.54, 1.807) is 0 Å². The molecule has 1 rings (SSSR count). The minimum Gasteiger partial charge on any atom is -0.252 e. The summed E-state index contributed by atoms with van der Waals surface area (Å²) in [6.07, 6.45) is 2.57. The quantitative estimate of drug-likeness (QED) is 0.621. The first-order chi connectivity index (χ1) is 4.97. The van der Waals surface area contributed by atoms with E-state index in [0.29, 0.717) is 11.5 Å². The van der Waals surface area contributed by atoms with Crippen LogP contribution in [-0.2, 0) is 0 Å². The lowest BCUT2D eigenvalue weighted by atomic mass is 9.88. The molecular formula is C9H20N2. The fourth-order valence-corrected chi connectivity index (χ4v) is 1.68. The van der Waals surface area contributed by atoms with E-state index in [4.69, 9.17) is 0 Å². The number of nitrogens with one attached hydrogen (secondary N) is 1. The van der Waals surface area contributed by atoms with Crippen LogP contribution in [0, 0.1) is 5.41 Å². The van der Waals surface area contributed by atoms with Crippen LogP contribution in [0.2, 0.25) is 0 Å². The van der Waals surface area contributed by atoms with Crippen LogP contribution >= 0.6 is 0 Å². The van der Waals surface area contributed by atoms with Crippen molar-refractivity contribution >= 4 is 0 Å². The molecule has 0 aromatic rings. The fraction of sp³-hybridized carbons (Fsp3) is 1.00. The number of hydrazine groups is 1. The van der Waals surface area contributed by atoms with Crippen molar-refractivity contribution < 1.29 is 0 Å². The summed E-state index contributed by atoms with van der Waals surface area (Å²) in [6, 6.07) is 0.708. The van der Waals surface area contributed by atoms with Gasteiger partial charge in [-0.3, -0.25) is 5.43 Å². The first kappa shape index (κ1) is 9.01. The molecule has 1 saturated heterocycles. The van der Waals surface area contributed by atoms with Gasteiger partial charge in [0.2, 0.25) is 0 Å². The third-order valence-electron chi connectivity index (χ3n) is 2.07. The highest BCUT2D eigenvalue weighted by Crippen LogP contribution is 2.23. The Hall–Kier alpha value is -0.0800. The normalized spacial score (nSPS) is 27.8. The van der Waals surface area contributed by atoms with Crippen molar-refractivity contribution in [3.05, 3.63) is 0 Å². The Morgan fingerprint density at radius 1 is 1.45 bits per heavy atom. The van der Waals surface area contributed by atoms with Gasteiger partial charge in [-0.05, 0) is 18.3 Å². The van der Waals surface area contributed by atoms with Crippen LogP contribution in [0.25, 0.3) is 0 Å². The Bertz CT molecular complexity index is 126. The van der Waals surface area contributed by atoms with E-state index in [0.717, 1.165) is 0 Å². The van der Waals surface area contributed by atoms with E-state index in [9.17, 15) is 0 Å². The SMILES string of the molecule is CN1CCC(CC(C)(C)C)N1. The highest BCUT2D eigenvalue weighted by atomic mass is 15.5. The molecule has 1 heterocycles. The average Bonchev–Trinajstić information content (AvgIpc) is 2.10. The van der Waals surface area contributed by atoms with Gasteiger partial charge in [-0.15, -0.1) is 0 Å². The van der Waals surface area contributed by atoms with Crippen molar-refractivity contribution in [1.82, 2.24) is 10.4 Å². The van der Waals surface area contributed by atoms with Crippen LogP contribution in [0.3, 0.4) is 0 Å². The predicted molar refractivity (Wildman–Crippen MR) is 48.2 cm³/mol. The van der Waals surface area contributed by atoms with Gasteiger partial charge in [-0.2, -0.15) is 0 Å². The smallest absolute Gasteiger partial charge is 0.0232 e. The van der Waals surface area contributed by atoms with Gasteiger partial charge in [0.1, 0.15) is 0 Å². The van der Waals surface area contributed by atoms with Crippen LogP contribution in [0.4, 0.5) is 0 Å². The van der Waals surface area contributed by atoms with Crippen LogP contribution in [-0.4, -0.2) is 24.6 Å². The zero-order valence-corrected chi connectivity index (χ0v) is 8.15. The van der Waals surface area contributed by atoms with Crippen LogP contribution < -0.4 is 5.43 Å². The molecule has 0 aromatic carbocycles. The Balaban J connectivity index is 2.29.